The van der Waals surface area contributed by atoms with Crippen molar-refractivity contribution in [1.29, 1.82) is 0 Å². The molecule has 2 aromatic rings. The molecule has 8 heteroatoms. The Morgan fingerprint density at radius 2 is 1.96 bits per heavy atom. The minimum atomic E-state index is -0.518. The number of carbonyl (C=O) groups is 1. The van der Waals surface area contributed by atoms with Crippen LogP contribution in [-0.4, -0.2) is 38.1 Å². The van der Waals surface area contributed by atoms with Gasteiger partial charge in [0.2, 0.25) is 0 Å². The first-order valence-corrected chi connectivity index (χ1v) is 8.40. The first kappa shape index (κ1) is 19.5. The zero-order valence-electron chi connectivity index (χ0n) is 14.6. The van der Waals surface area contributed by atoms with Crippen molar-refractivity contribution < 1.29 is 14.5 Å². The number of carbonyl (C=O) groups excluding carboxylic acids is 1. The molecule has 0 saturated carbocycles. The number of non-ortho nitro benzene ring substituents is 1. The lowest BCUT2D eigenvalue weighted by atomic mass is 10.1. The fourth-order valence-electron chi connectivity index (χ4n) is 2.43. The van der Waals surface area contributed by atoms with Crippen LogP contribution >= 0.6 is 11.6 Å². The molecule has 0 saturated heterocycles. The van der Waals surface area contributed by atoms with Gasteiger partial charge in [0.25, 0.3) is 11.6 Å². The third-order valence-electron chi connectivity index (χ3n) is 3.79. The number of amides is 1. The van der Waals surface area contributed by atoms with Crippen molar-refractivity contribution >= 4 is 28.9 Å². The highest BCUT2D eigenvalue weighted by atomic mass is 35.5. The number of halogens is 1. The quantitative estimate of drug-likeness (QED) is 0.432. The van der Waals surface area contributed by atoms with Gasteiger partial charge < -0.3 is 15.0 Å². The molecule has 0 aliphatic rings. The Balaban J connectivity index is 1.99. The number of rotatable bonds is 8. The summed E-state index contributed by atoms with van der Waals surface area (Å²) >= 11 is 5.83. The van der Waals surface area contributed by atoms with Crippen LogP contribution in [0.5, 0.6) is 5.75 Å². The van der Waals surface area contributed by atoms with Gasteiger partial charge in [-0.3, -0.25) is 14.9 Å². The topological polar surface area (TPSA) is 84.7 Å². The number of nitrogens with one attached hydrogen (secondary N) is 1. The average molecular weight is 378 g/mol. The summed E-state index contributed by atoms with van der Waals surface area (Å²) in [6.45, 7) is 1.11. The Kier molecular flexibility index (Phi) is 6.80. The number of nitrogens with zero attached hydrogens (tertiary/aromatic N) is 2. The predicted molar refractivity (Wildman–Crippen MR) is 101 cm³/mol. The summed E-state index contributed by atoms with van der Waals surface area (Å²) in [4.78, 5) is 24.4. The molecule has 0 spiro atoms. The summed E-state index contributed by atoms with van der Waals surface area (Å²) in [6, 6.07) is 11.4. The van der Waals surface area contributed by atoms with Gasteiger partial charge >= 0.3 is 0 Å². The van der Waals surface area contributed by atoms with Gasteiger partial charge in [0, 0.05) is 43.5 Å². The molecule has 0 aliphatic heterocycles. The van der Waals surface area contributed by atoms with Crippen molar-refractivity contribution in [1.82, 2.24) is 5.32 Å². The molecule has 1 amide bonds. The maximum absolute atomic E-state index is 12.1. The fraction of sp³-hybridized carbons (Fsp3) is 0.278. The predicted octanol–water partition coefficient (Wildman–Crippen LogP) is 3.51. The lowest BCUT2D eigenvalue weighted by molar-refractivity contribution is -0.384. The third-order valence-corrected chi connectivity index (χ3v) is 4.05. The molecule has 2 rings (SSSR count). The molecule has 0 atom stereocenters. The molecule has 0 heterocycles. The summed E-state index contributed by atoms with van der Waals surface area (Å²) in [5, 5.41) is 14.1. The van der Waals surface area contributed by atoms with E-state index in [0.29, 0.717) is 30.3 Å². The van der Waals surface area contributed by atoms with E-state index in [0.717, 1.165) is 5.75 Å². The van der Waals surface area contributed by atoms with Crippen LogP contribution in [-0.2, 0) is 0 Å². The van der Waals surface area contributed by atoms with Crippen LogP contribution in [0.1, 0.15) is 16.8 Å². The largest absolute Gasteiger partial charge is 0.494 e. The van der Waals surface area contributed by atoms with Crippen LogP contribution in [0.4, 0.5) is 11.4 Å². The van der Waals surface area contributed by atoms with E-state index in [2.05, 4.69) is 5.32 Å². The van der Waals surface area contributed by atoms with Gasteiger partial charge in [0.05, 0.1) is 17.1 Å². The van der Waals surface area contributed by atoms with E-state index in [1.165, 1.54) is 19.2 Å². The molecule has 0 unspecified atom stereocenters. The molecule has 1 N–H and O–H groups in total. The summed E-state index contributed by atoms with van der Waals surface area (Å²) < 4.78 is 5.64. The zero-order chi connectivity index (χ0) is 19.1. The first-order chi connectivity index (χ1) is 12.4. The maximum atomic E-state index is 12.1. The molecular weight excluding hydrogens is 358 g/mol. The third kappa shape index (κ3) is 5.10. The highest BCUT2D eigenvalue weighted by molar-refractivity contribution is 6.30. The standard InChI is InChI=1S/C18H20ClN3O4/c1-20-18(23)16-12-14(22(24)25)6-9-17(16)21(2)10-3-11-26-15-7-4-13(19)5-8-15/h4-9,12H,3,10-11H2,1-2H3,(H,20,23). The number of nitro groups is 1. The van der Waals surface area contributed by atoms with Crippen LogP contribution in [0.15, 0.2) is 42.5 Å². The maximum Gasteiger partial charge on any atom is 0.270 e. The SMILES string of the molecule is CNC(=O)c1cc([N+](=O)[O-])ccc1N(C)CCCOc1ccc(Cl)cc1. The monoisotopic (exact) mass is 377 g/mol. The van der Waals surface area contributed by atoms with Gasteiger partial charge in [-0.2, -0.15) is 0 Å². The second-order valence-electron chi connectivity index (χ2n) is 5.62. The minimum Gasteiger partial charge on any atom is -0.494 e. The van der Waals surface area contributed by atoms with Crippen molar-refractivity contribution in [2.24, 2.45) is 0 Å². The Bertz CT molecular complexity index is 781. The molecule has 0 fully saturated rings. The Morgan fingerprint density at radius 3 is 2.58 bits per heavy atom. The Labute approximate surface area is 156 Å². The molecule has 0 aromatic heterocycles. The summed E-state index contributed by atoms with van der Waals surface area (Å²) in [5.41, 5.74) is 0.774. The molecule has 0 aliphatic carbocycles. The van der Waals surface area contributed by atoms with E-state index in [1.54, 1.807) is 30.3 Å². The number of hydrogen-bond donors (Lipinski definition) is 1. The highest BCUT2D eigenvalue weighted by Gasteiger charge is 2.18. The van der Waals surface area contributed by atoms with E-state index in [-0.39, 0.29) is 17.2 Å². The second-order valence-corrected chi connectivity index (χ2v) is 6.05. The normalized spacial score (nSPS) is 10.3. The van der Waals surface area contributed by atoms with E-state index in [9.17, 15) is 14.9 Å². The molecule has 26 heavy (non-hydrogen) atoms. The fourth-order valence-corrected chi connectivity index (χ4v) is 2.56. The summed E-state index contributed by atoms with van der Waals surface area (Å²) in [7, 11) is 3.32. The first-order valence-electron chi connectivity index (χ1n) is 8.02. The lowest BCUT2D eigenvalue weighted by Crippen LogP contribution is -2.26. The van der Waals surface area contributed by atoms with Crippen LogP contribution in [0.25, 0.3) is 0 Å². The number of benzene rings is 2. The van der Waals surface area contributed by atoms with Gasteiger partial charge in [0.15, 0.2) is 0 Å². The zero-order valence-corrected chi connectivity index (χ0v) is 15.3. The molecular formula is C18H20ClN3O4. The minimum absolute atomic E-state index is 0.119. The van der Waals surface area contributed by atoms with E-state index in [1.807, 2.05) is 11.9 Å². The van der Waals surface area contributed by atoms with Gasteiger partial charge in [-0.15, -0.1) is 0 Å². The van der Waals surface area contributed by atoms with Crippen molar-refractivity contribution in [3.63, 3.8) is 0 Å². The van der Waals surface area contributed by atoms with Crippen LogP contribution in [0.2, 0.25) is 5.02 Å². The smallest absolute Gasteiger partial charge is 0.270 e. The molecule has 7 nitrogen and oxygen atoms in total. The Morgan fingerprint density at radius 1 is 1.27 bits per heavy atom. The summed E-state index contributed by atoms with van der Waals surface area (Å²) in [5.74, 6) is 0.367. The van der Waals surface area contributed by atoms with Gasteiger partial charge in [-0.25, -0.2) is 0 Å². The second kappa shape index (κ2) is 9.05. The van der Waals surface area contributed by atoms with E-state index >= 15 is 0 Å². The molecule has 138 valence electrons. The number of anilines is 1. The number of ether oxygens (including phenoxy) is 1. The van der Waals surface area contributed by atoms with Crippen LogP contribution in [0.3, 0.4) is 0 Å². The lowest BCUT2D eigenvalue weighted by Gasteiger charge is -2.22. The highest BCUT2D eigenvalue weighted by Crippen LogP contribution is 2.25. The molecule has 0 radical (unpaired) electrons. The van der Waals surface area contributed by atoms with Crippen LogP contribution < -0.4 is 15.0 Å². The summed E-state index contributed by atoms with van der Waals surface area (Å²) in [6.07, 6.45) is 0.712. The van der Waals surface area contributed by atoms with Gasteiger partial charge in [-0.1, -0.05) is 11.6 Å². The van der Waals surface area contributed by atoms with E-state index < -0.39 is 4.92 Å². The molecule has 2 aromatic carbocycles. The van der Waals surface area contributed by atoms with Crippen molar-refractivity contribution in [3.8, 4) is 5.75 Å². The number of nitro benzene ring substituents is 1. The molecule has 0 bridgehead atoms. The van der Waals surface area contributed by atoms with Crippen molar-refractivity contribution in [2.45, 2.75) is 6.42 Å². The van der Waals surface area contributed by atoms with E-state index in [4.69, 9.17) is 16.3 Å². The number of hydrogen-bond acceptors (Lipinski definition) is 5. The van der Waals surface area contributed by atoms with Crippen molar-refractivity contribution in [3.05, 3.63) is 63.2 Å². The van der Waals surface area contributed by atoms with Gasteiger partial charge in [-0.05, 0) is 36.8 Å². The van der Waals surface area contributed by atoms with Gasteiger partial charge in [0.1, 0.15) is 5.75 Å². The van der Waals surface area contributed by atoms with Crippen molar-refractivity contribution in [2.75, 3.05) is 32.1 Å². The average Bonchev–Trinajstić information content (AvgIpc) is 2.65. The Hall–Kier alpha value is -2.80. The van der Waals surface area contributed by atoms with Crippen LogP contribution in [0, 0.1) is 10.1 Å².